The number of nitrogens with one attached hydrogen (secondary N) is 1. The maximum absolute atomic E-state index is 12.0. The minimum Gasteiger partial charge on any atom is -0.377 e. The van der Waals surface area contributed by atoms with Gasteiger partial charge < -0.3 is 9.64 Å². The van der Waals surface area contributed by atoms with Gasteiger partial charge in [0, 0.05) is 49.6 Å². The Balaban J connectivity index is 1.90. The molecule has 33 heavy (non-hydrogen) atoms. The molecule has 1 unspecified atom stereocenters. The van der Waals surface area contributed by atoms with Crippen LogP contribution < -0.4 is 10.4 Å². The third kappa shape index (κ3) is 6.74. The van der Waals surface area contributed by atoms with E-state index in [0.717, 1.165) is 22.3 Å². The highest BCUT2D eigenvalue weighted by atomic mass is 35.5. The molecule has 3 aromatic rings. The van der Waals surface area contributed by atoms with Gasteiger partial charge in [-0.3, -0.25) is 10.0 Å². The molecule has 0 fully saturated rings. The molecule has 0 aliphatic rings. The normalized spacial score (nSPS) is 12.8. The maximum Gasteiger partial charge on any atom is 0.245 e. The Morgan fingerprint density at radius 1 is 1.06 bits per heavy atom. The molecule has 0 aliphatic heterocycles. The number of rotatable bonds is 10. The molecule has 2 atom stereocenters. The van der Waals surface area contributed by atoms with Gasteiger partial charge in [-0.1, -0.05) is 48.0 Å². The molecule has 2 aromatic carbocycles. The van der Waals surface area contributed by atoms with Crippen LogP contribution in [-0.4, -0.2) is 47.9 Å². The third-order valence-corrected chi connectivity index (χ3v) is 5.67. The van der Waals surface area contributed by atoms with Crippen molar-refractivity contribution in [3.63, 3.8) is 0 Å². The average molecular weight is 469 g/mol. The Labute approximate surface area is 199 Å². The standard InChI is InChI=1S/C25H29ClN4O3/c1-4-33-23(14-24(31)29-32)22(13-17-5-11-21(26)12-6-17)19-9-7-18(8-10-19)20-15-27-25(28-16-20)30(2)3/h5-12,15-16,22-23,32H,4,13-14H2,1-3H3,(H,29,31)/t22?,23-/m1/s1. The lowest BCUT2D eigenvalue weighted by atomic mass is 9.85. The van der Waals surface area contributed by atoms with Crippen LogP contribution in [0.4, 0.5) is 5.95 Å². The molecule has 7 nitrogen and oxygen atoms in total. The van der Waals surface area contributed by atoms with Crippen molar-refractivity contribution in [1.82, 2.24) is 15.4 Å². The Hall–Kier alpha value is -3.00. The maximum atomic E-state index is 12.0. The number of ether oxygens (including phenoxy) is 1. The summed E-state index contributed by atoms with van der Waals surface area (Å²) in [7, 11) is 3.80. The number of halogens is 1. The molecule has 1 aromatic heterocycles. The van der Waals surface area contributed by atoms with E-state index in [0.29, 0.717) is 24.0 Å². The van der Waals surface area contributed by atoms with E-state index in [9.17, 15) is 4.79 Å². The summed E-state index contributed by atoms with van der Waals surface area (Å²) in [5, 5.41) is 9.73. The summed E-state index contributed by atoms with van der Waals surface area (Å²) in [5.41, 5.74) is 5.75. The van der Waals surface area contributed by atoms with Crippen molar-refractivity contribution in [3.05, 3.63) is 77.1 Å². The molecular formula is C25H29ClN4O3. The van der Waals surface area contributed by atoms with Crippen LogP contribution in [0.25, 0.3) is 11.1 Å². The van der Waals surface area contributed by atoms with Crippen LogP contribution in [-0.2, 0) is 16.0 Å². The average Bonchev–Trinajstić information content (AvgIpc) is 2.83. The third-order valence-electron chi connectivity index (χ3n) is 5.42. The van der Waals surface area contributed by atoms with E-state index < -0.39 is 12.0 Å². The first-order chi connectivity index (χ1) is 15.9. The largest absolute Gasteiger partial charge is 0.377 e. The minimum atomic E-state index is -0.482. The van der Waals surface area contributed by atoms with Crippen molar-refractivity contribution >= 4 is 23.5 Å². The van der Waals surface area contributed by atoms with Gasteiger partial charge in [-0.2, -0.15) is 0 Å². The molecule has 2 N–H and O–H groups in total. The van der Waals surface area contributed by atoms with E-state index in [1.54, 1.807) is 17.9 Å². The van der Waals surface area contributed by atoms with Crippen molar-refractivity contribution < 1.29 is 14.7 Å². The van der Waals surface area contributed by atoms with E-state index >= 15 is 0 Å². The van der Waals surface area contributed by atoms with E-state index in [2.05, 4.69) is 9.97 Å². The molecule has 1 amide bonds. The molecule has 0 bridgehead atoms. The number of carbonyl (C=O) groups excluding carboxylic acids is 1. The monoisotopic (exact) mass is 468 g/mol. The molecule has 0 radical (unpaired) electrons. The summed E-state index contributed by atoms with van der Waals surface area (Å²) >= 11 is 6.05. The highest BCUT2D eigenvalue weighted by Gasteiger charge is 2.27. The molecule has 3 rings (SSSR count). The summed E-state index contributed by atoms with van der Waals surface area (Å²) in [6.07, 6.45) is 3.89. The van der Waals surface area contributed by atoms with Gasteiger partial charge in [-0.25, -0.2) is 15.4 Å². The first-order valence-corrected chi connectivity index (χ1v) is 11.2. The van der Waals surface area contributed by atoms with E-state index in [1.165, 1.54) is 0 Å². The van der Waals surface area contributed by atoms with E-state index in [1.807, 2.05) is 74.4 Å². The lowest BCUT2D eigenvalue weighted by Crippen LogP contribution is -2.31. The van der Waals surface area contributed by atoms with Crippen molar-refractivity contribution in [2.24, 2.45) is 0 Å². The summed E-state index contributed by atoms with van der Waals surface area (Å²) in [6.45, 7) is 2.35. The second kappa shape index (κ2) is 11.7. The van der Waals surface area contributed by atoms with Crippen LogP contribution in [0.1, 0.15) is 30.4 Å². The fraction of sp³-hybridized carbons (Fsp3) is 0.320. The zero-order chi connectivity index (χ0) is 23.8. The smallest absolute Gasteiger partial charge is 0.245 e. The van der Waals surface area contributed by atoms with Gasteiger partial charge in [-0.05, 0) is 42.2 Å². The topological polar surface area (TPSA) is 87.6 Å². The van der Waals surface area contributed by atoms with Crippen LogP contribution in [0, 0.1) is 0 Å². The lowest BCUT2D eigenvalue weighted by Gasteiger charge is -2.27. The quantitative estimate of drug-likeness (QED) is 0.336. The van der Waals surface area contributed by atoms with Crippen molar-refractivity contribution in [1.29, 1.82) is 0 Å². The molecule has 0 saturated carbocycles. The fourth-order valence-corrected chi connectivity index (χ4v) is 3.85. The molecule has 0 aliphatic carbocycles. The lowest BCUT2D eigenvalue weighted by molar-refractivity contribution is -0.132. The van der Waals surface area contributed by atoms with Gasteiger partial charge in [0.25, 0.3) is 0 Å². The summed E-state index contributed by atoms with van der Waals surface area (Å²) in [6, 6.07) is 15.8. The first kappa shape index (κ1) is 24.6. The van der Waals surface area contributed by atoms with Gasteiger partial charge in [0.2, 0.25) is 11.9 Å². The van der Waals surface area contributed by atoms with Crippen molar-refractivity contribution in [3.8, 4) is 11.1 Å². The van der Waals surface area contributed by atoms with Gasteiger partial charge in [0.05, 0.1) is 12.5 Å². The summed E-state index contributed by atoms with van der Waals surface area (Å²) in [5.74, 6) is 0.0641. The highest BCUT2D eigenvalue weighted by Crippen LogP contribution is 2.31. The summed E-state index contributed by atoms with van der Waals surface area (Å²) in [4.78, 5) is 22.6. The predicted octanol–water partition coefficient (Wildman–Crippen LogP) is 4.49. The van der Waals surface area contributed by atoms with E-state index in [-0.39, 0.29) is 12.3 Å². The molecular weight excluding hydrogens is 440 g/mol. The van der Waals surface area contributed by atoms with Gasteiger partial charge in [0.15, 0.2) is 0 Å². The number of benzene rings is 2. The number of amides is 1. The zero-order valence-corrected chi connectivity index (χ0v) is 19.8. The fourth-order valence-electron chi connectivity index (χ4n) is 3.72. The molecule has 0 saturated heterocycles. The number of aromatic nitrogens is 2. The summed E-state index contributed by atoms with van der Waals surface area (Å²) < 4.78 is 5.95. The van der Waals surface area contributed by atoms with Crippen LogP contribution in [0.15, 0.2) is 60.9 Å². The Bertz CT molecular complexity index is 1030. The zero-order valence-electron chi connectivity index (χ0n) is 19.0. The van der Waals surface area contributed by atoms with Crippen molar-refractivity contribution in [2.45, 2.75) is 31.8 Å². The molecule has 8 heteroatoms. The predicted molar refractivity (Wildman–Crippen MR) is 130 cm³/mol. The Morgan fingerprint density at radius 3 is 2.24 bits per heavy atom. The Kier molecular flexibility index (Phi) is 8.77. The van der Waals surface area contributed by atoms with Crippen LogP contribution in [0.5, 0.6) is 0 Å². The van der Waals surface area contributed by atoms with Crippen molar-refractivity contribution in [2.75, 3.05) is 25.6 Å². The molecule has 174 valence electrons. The number of hydrogen-bond donors (Lipinski definition) is 2. The molecule has 1 heterocycles. The van der Waals surface area contributed by atoms with Crippen LogP contribution in [0.2, 0.25) is 5.02 Å². The van der Waals surface area contributed by atoms with Gasteiger partial charge in [-0.15, -0.1) is 0 Å². The Morgan fingerprint density at radius 2 is 1.70 bits per heavy atom. The number of hydroxylamine groups is 1. The SMILES string of the molecule is CCO[C@H](CC(=O)NO)C(Cc1ccc(Cl)cc1)c1ccc(-c2cnc(N(C)C)nc2)cc1. The second-order valence-corrected chi connectivity index (χ2v) is 8.39. The molecule has 0 spiro atoms. The highest BCUT2D eigenvalue weighted by molar-refractivity contribution is 6.30. The number of anilines is 1. The van der Waals surface area contributed by atoms with Crippen LogP contribution in [0.3, 0.4) is 0 Å². The minimum absolute atomic E-state index is 0.0458. The van der Waals surface area contributed by atoms with Gasteiger partial charge >= 0.3 is 0 Å². The van der Waals surface area contributed by atoms with Gasteiger partial charge in [0.1, 0.15) is 0 Å². The first-order valence-electron chi connectivity index (χ1n) is 10.8. The number of carbonyl (C=O) groups is 1. The van der Waals surface area contributed by atoms with Crippen LogP contribution >= 0.6 is 11.6 Å². The number of hydrogen-bond acceptors (Lipinski definition) is 6. The van der Waals surface area contributed by atoms with E-state index in [4.69, 9.17) is 21.5 Å². The second-order valence-electron chi connectivity index (χ2n) is 7.96. The number of nitrogens with zero attached hydrogens (tertiary/aromatic N) is 3.